The van der Waals surface area contributed by atoms with E-state index in [1.165, 1.54) is 0 Å². The van der Waals surface area contributed by atoms with E-state index in [1.54, 1.807) is 0 Å². The molecule has 0 unspecified atom stereocenters. The van der Waals surface area contributed by atoms with E-state index >= 15 is 0 Å². The second kappa shape index (κ2) is 7.42. The van der Waals surface area contributed by atoms with Crippen molar-refractivity contribution in [3.8, 4) is 0 Å². The zero-order valence-electron chi connectivity index (χ0n) is 11.6. The van der Waals surface area contributed by atoms with Gasteiger partial charge in [0.2, 0.25) is 0 Å². The van der Waals surface area contributed by atoms with Crippen LogP contribution in [0.4, 0.5) is 13.2 Å². The lowest BCUT2D eigenvalue weighted by Gasteiger charge is -2.27. The Morgan fingerprint density at radius 2 is 1.81 bits per heavy atom. The van der Waals surface area contributed by atoms with Crippen LogP contribution in [0, 0.1) is 17.5 Å². The topological polar surface area (TPSA) is 44.4 Å². The Bertz CT molecular complexity index is 481. The molecule has 4 nitrogen and oxygen atoms in total. The second-order valence-corrected chi connectivity index (χ2v) is 4.95. The van der Waals surface area contributed by atoms with Crippen molar-refractivity contribution < 1.29 is 18.0 Å². The molecule has 1 aliphatic rings. The summed E-state index contributed by atoms with van der Waals surface area (Å²) in [5.41, 5.74) is -0.214. The van der Waals surface area contributed by atoms with Gasteiger partial charge < -0.3 is 15.5 Å². The maximum Gasteiger partial charge on any atom is 0.251 e. The Labute approximate surface area is 121 Å². The minimum Gasteiger partial charge on any atom is -0.352 e. The Morgan fingerprint density at radius 3 is 2.43 bits per heavy atom. The molecule has 2 rings (SSSR count). The summed E-state index contributed by atoms with van der Waals surface area (Å²) in [4.78, 5) is 14.0. The SMILES string of the molecule is O=C(NCCCN1CCNCC1)c1cc(F)c(F)c(F)c1. The van der Waals surface area contributed by atoms with E-state index in [9.17, 15) is 18.0 Å². The van der Waals surface area contributed by atoms with Crippen molar-refractivity contribution in [1.29, 1.82) is 0 Å². The lowest BCUT2D eigenvalue weighted by Crippen LogP contribution is -2.44. The third-order valence-electron chi connectivity index (χ3n) is 3.39. The van der Waals surface area contributed by atoms with Crippen LogP contribution in [0.25, 0.3) is 0 Å². The molecule has 1 aromatic rings. The van der Waals surface area contributed by atoms with Gasteiger partial charge in [0.1, 0.15) is 0 Å². The summed E-state index contributed by atoms with van der Waals surface area (Å²) in [5, 5.41) is 5.82. The highest BCUT2D eigenvalue weighted by molar-refractivity contribution is 5.94. The summed E-state index contributed by atoms with van der Waals surface area (Å²) in [6.45, 7) is 5.13. The van der Waals surface area contributed by atoms with Gasteiger partial charge >= 0.3 is 0 Å². The predicted octanol–water partition coefficient (Wildman–Crippen LogP) is 1.13. The molecule has 0 atom stereocenters. The van der Waals surface area contributed by atoms with Crippen molar-refractivity contribution in [3.63, 3.8) is 0 Å². The van der Waals surface area contributed by atoms with Crippen molar-refractivity contribution in [3.05, 3.63) is 35.1 Å². The molecule has 1 heterocycles. The minimum absolute atomic E-state index is 0.214. The molecule has 1 amide bonds. The second-order valence-electron chi connectivity index (χ2n) is 4.95. The molecular formula is C14H18F3N3O. The molecule has 2 N–H and O–H groups in total. The van der Waals surface area contributed by atoms with Crippen molar-refractivity contribution in [2.75, 3.05) is 39.3 Å². The number of carbonyl (C=O) groups is 1. The largest absolute Gasteiger partial charge is 0.352 e. The number of amides is 1. The first-order valence-electron chi connectivity index (χ1n) is 6.94. The standard InChI is InChI=1S/C14H18F3N3O/c15-11-8-10(9-12(16)13(11)17)14(21)19-2-1-5-20-6-3-18-4-7-20/h8-9,18H,1-7H2,(H,19,21). The molecule has 1 aliphatic heterocycles. The van der Waals surface area contributed by atoms with Crippen molar-refractivity contribution in [1.82, 2.24) is 15.5 Å². The highest BCUT2D eigenvalue weighted by Gasteiger charge is 2.15. The minimum atomic E-state index is -1.56. The van der Waals surface area contributed by atoms with Crippen LogP contribution in [0.15, 0.2) is 12.1 Å². The van der Waals surface area contributed by atoms with Crippen LogP contribution in [0.2, 0.25) is 0 Å². The molecule has 21 heavy (non-hydrogen) atoms. The molecule has 1 aromatic carbocycles. The fourth-order valence-corrected chi connectivity index (χ4v) is 2.23. The van der Waals surface area contributed by atoms with Gasteiger partial charge in [0.25, 0.3) is 5.91 Å². The van der Waals surface area contributed by atoms with Crippen LogP contribution in [0.3, 0.4) is 0 Å². The molecule has 0 saturated carbocycles. The van der Waals surface area contributed by atoms with Crippen molar-refractivity contribution in [2.24, 2.45) is 0 Å². The van der Waals surface area contributed by atoms with E-state index in [4.69, 9.17) is 0 Å². The first-order valence-corrected chi connectivity index (χ1v) is 6.94. The number of rotatable bonds is 5. The number of hydrogen-bond acceptors (Lipinski definition) is 3. The number of nitrogens with zero attached hydrogens (tertiary/aromatic N) is 1. The average molecular weight is 301 g/mol. The van der Waals surface area contributed by atoms with Gasteiger partial charge in [0, 0.05) is 38.3 Å². The number of piperazine rings is 1. The van der Waals surface area contributed by atoms with Gasteiger partial charge in [-0.1, -0.05) is 0 Å². The van der Waals surface area contributed by atoms with Gasteiger partial charge in [0.15, 0.2) is 17.5 Å². The van der Waals surface area contributed by atoms with Crippen LogP contribution in [-0.2, 0) is 0 Å². The Morgan fingerprint density at radius 1 is 1.19 bits per heavy atom. The Balaban J connectivity index is 1.76. The van der Waals surface area contributed by atoms with Crippen LogP contribution < -0.4 is 10.6 Å². The van der Waals surface area contributed by atoms with E-state index < -0.39 is 23.4 Å². The molecule has 0 spiro atoms. The third kappa shape index (κ3) is 4.44. The Hall–Kier alpha value is -1.60. The van der Waals surface area contributed by atoms with Crippen molar-refractivity contribution in [2.45, 2.75) is 6.42 Å². The van der Waals surface area contributed by atoms with Crippen LogP contribution in [0.1, 0.15) is 16.8 Å². The lowest BCUT2D eigenvalue weighted by atomic mass is 10.2. The lowest BCUT2D eigenvalue weighted by molar-refractivity contribution is 0.0950. The van der Waals surface area contributed by atoms with Crippen LogP contribution in [-0.4, -0.2) is 50.1 Å². The van der Waals surface area contributed by atoms with Crippen LogP contribution in [0.5, 0.6) is 0 Å². The number of halogens is 3. The Kier molecular flexibility index (Phi) is 5.58. The summed E-state index contributed by atoms with van der Waals surface area (Å²) >= 11 is 0. The highest BCUT2D eigenvalue weighted by Crippen LogP contribution is 2.13. The fourth-order valence-electron chi connectivity index (χ4n) is 2.23. The molecular weight excluding hydrogens is 283 g/mol. The van der Waals surface area contributed by atoms with Gasteiger partial charge in [-0.2, -0.15) is 0 Å². The average Bonchev–Trinajstić information content (AvgIpc) is 2.49. The first-order chi connectivity index (χ1) is 10.1. The number of benzene rings is 1. The summed E-state index contributed by atoms with van der Waals surface area (Å²) in [5.74, 6) is -4.89. The van der Waals surface area contributed by atoms with E-state index in [2.05, 4.69) is 15.5 Å². The highest BCUT2D eigenvalue weighted by atomic mass is 19.2. The normalized spacial score (nSPS) is 16.0. The molecule has 116 valence electrons. The maximum atomic E-state index is 13.0. The van der Waals surface area contributed by atoms with E-state index in [0.29, 0.717) is 18.7 Å². The van der Waals surface area contributed by atoms with Gasteiger partial charge in [-0.25, -0.2) is 13.2 Å². The van der Waals surface area contributed by atoms with Gasteiger partial charge in [-0.05, 0) is 25.1 Å². The van der Waals surface area contributed by atoms with Gasteiger partial charge in [-0.3, -0.25) is 4.79 Å². The van der Waals surface area contributed by atoms with E-state index in [1.807, 2.05) is 0 Å². The molecule has 0 radical (unpaired) electrons. The molecule has 1 fully saturated rings. The zero-order chi connectivity index (χ0) is 15.2. The van der Waals surface area contributed by atoms with Gasteiger partial charge in [0.05, 0.1) is 0 Å². The van der Waals surface area contributed by atoms with E-state index in [0.717, 1.165) is 39.1 Å². The molecule has 0 aliphatic carbocycles. The van der Waals surface area contributed by atoms with Crippen LogP contribution >= 0.6 is 0 Å². The summed E-state index contributed by atoms with van der Waals surface area (Å²) in [7, 11) is 0. The summed E-state index contributed by atoms with van der Waals surface area (Å²) < 4.78 is 38.8. The maximum absolute atomic E-state index is 13.0. The summed E-state index contributed by atoms with van der Waals surface area (Å²) in [6, 6.07) is 1.40. The molecule has 0 bridgehead atoms. The predicted molar refractivity (Wildman–Crippen MR) is 72.6 cm³/mol. The fraction of sp³-hybridized carbons (Fsp3) is 0.500. The third-order valence-corrected chi connectivity index (χ3v) is 3.39. The zero-order valence-corrected chi connectivity index (χ0v) is 11.6. The number of nitrogens with one attached hydrogen (secondary N) is 2. The first kappa shape index (κ1) is 15.8. The summed E-state index contributed by atoms with van der Waals surface area (Å²) in [6.07, 6.45) is 0.748. The number of hydrogen-bond donors (Lipinski definition) is 2. The number of carbonyl (C=O) groups excluding carboxylic acids is 1. The smallest absolute Gasteiger partial charge is 0.251 e. The van der Waals surface area contributed by atoms with E-state index in [-0.39, 0.29) is 5.56 Å². The monoisotopic (exact) mass is 301 g/mol. The van der Waals surface area contributed by atoms with Crippen molar-refractivity contribution >= 4 is 5.91 Å². The molecule has 1 saturated heterocycles. The van der Waals surface area contributed by atoms with Gasteiger partial charge in [-0.15, -0.1) is 0 Å². The quantitative estimate of drug-likeness (QED) is 0.633. The molecule has 7 heteroatoms. The molecule has 0 aromatic heterocycles.